The third kappa shape index (κ3) is 43.7. The summed E-state index contributed by atoms with van der Waals surface area (Å²) in [6.45, 7) is 8.86. The van der Waals surface area contributed by atoms with Gasteiger partial charge < -0.3 is 14.8 Å². The van der Waals surface area contributed by atoms with E-state index in [-0.39, 0.29) is 63.8 Å². The minimum atomic E-state index is -0.886. The van der Waals surface area contributed by atoms with E-state index in [9.17, 15) is 9.90 Å². The van der Waals surface area contributed by atoms with Gasteiger partial charge in [-0.05, 0) is 32.4 Å². The van der Waals surface area contributed by atoms with Crippen molar-refractivity contribution in [1.82, 2.24) is 4.90 Å². The molecular weight excluding hydrogens is 650 g/mol. The third-order valence-corrected chi connectivity index (χ3v) is 11.5. The van der Waals surface area contributed by atoms with Crippen LogP contribution in [0.2, 0.25) is 0 Å². The van der Waals surface area contributed by atoms with Crippen molar-refractivity contribution in [2.45, 2.75) is 284 Å². The minimum absolute atomic E-state index is 0. The Labute approximate surface area is 365 Å². The summed E-state index contributed by atoms with van der Waals surface area (Å²) in [5, 5.41) is 11.4. The molecule has 0 rings (SSSR count). The number of hydrogen-bond donors (Lipinski definition) is 0. The maximum Gasteiger partial charge on any atom is 1.00 e. The van der Waals surface area contributed by atoms with Crippen LogP contribution in [-0.2, 0) is 4.79 Å². The van der Waals surface area contributed by atoms with Gasteiger partial charge in [0, 0.05) is 18.4 Å². The molecule has 0 aromatic carbocycles. The fraction of sp³-hybridized carbons (Fsp3) is 0.979. The molecule has 0 aliphatic carbocycles. The summed E-state index contributed by atoms with van der Waals surface area (Å²) in [5.41, 5.74) is 0. The summed E-state index contributed by atoms with van der Waals surface area (Å²) in [6, 6.07) is 0.145. The van der Waals surface area contributed by atoms with Crippen LogP contribution in [0.1, 0.15) is 278 Å². The van der Waals surface area contributed by atoms with Crippen molar-refractivity contribution in [2.75, 3.05) is 13.1 Å². The van der Waals surface area contributed by atoms with Crippen molar-refractivity contribution in [1.29, 1.82) is 0 Å². The van der Waals surface area contributed by atoms with Crippen LogP contribution in [0.15, 0.2) is 0 Å². The normalized spacial score (nSPS) is 12.1. The first-order valence-corrected chi connectivity index (χ1v) is 23.6. The molecule has 0 aliphatic rings. The van der Waals surface area contributed by atoms with Gasteiger partial charge in [0.25, 0.3) is 0 Å². The molecule has 0 bridgehead atoms. The first-order valence-electron chi connectivity index (χ1n) is 23.6. The monoisotopic (exact) mass is 744 g/mol. The van der Waals surface area contributed by atoms with E-state index in [1.165, 1.54) is 244 Å². The van der Waals surface area contributed by atoms with Crippen LogP contribution in [0.3, 0.4) is 0 Å². The van der Waals surface area contributed by atoms with Crippen LogP contribution in [0.25, 0.3) is 0 Å². The molecule has 0 fully saturated rings. The largest absolute Gasteiger partial charge is 1.00 e. The Morgan fingerprint density at radius 2 is 0.569 bits per heavy atom. The second-order valence-electron chi connectivity index (χ2n) is 16.4. The predicted molar refractivity (Wildman–Crippen MR) is 222 cm³/mol. The van der Waals surface area contributed by atoms with E-state index >= 15 is 0 Å². The summed E-state index contributed by atoms with van der Waals surface area (Å²) in [7, 11) is 0. The number of unbranched alkanes of at least 4 members (excludes halogenated alkanes) is 36. The van der Waals surface area contributed by atoms with Gasteiger partial charge in [-0.25, -0.2) is 0 Å². The maximum absolute atomic E-state index is 11.4. The number of aliphatic carboxylic acids is 1. The number of hydrogen-bond acceptors (Lipinski definition) is 3. The van der Waals surface area contributed by atoms with Gasteiger partial charge in [0.05, 0.1) is 0 Å². The van der Waals surface area contributed by atoms with Crippen molar-refractivity contribution in [2.24, 2.45) is 0 Å². The second-order valence-corrected chi connectivity index (χ2v) is 16.4. The first kappa shape index (κ1) is 54.2. The molecule has 0 N–H and O–H groups in total. The minimum Gasteiger partial charge on any atom is -0.550 e. The SMILES string of the molecule is CCCCCCCCCCCCCCCCCCCCCN(CCCCCCCCCCCCCCCCCCCCC)C(CC)CC(=O)[O-].[K+]. The van der Waals surface area contributed by atoms with E-state index in [1.54, 1.807) is 0 Å². The van der Waals surface area contributed by atoms with E-state index < -0.39 is 5.97 Å². The Hall–Kier alpha value is 1.07. The molecule has 4 heteroatoms. The Bertz CT molecular complexity index is 602. The van der Waals surface area contributed by atoms with Gasteiger partial charge in [-0.2, -0.15) is 0 Å². The van der Waals surface area contributed by atoms with E-state index in [1.807, 2.05) is 0 Å². The van der Waals surface area contributed by atoms with Crippen LogP contribution in [0.4, 0.5) is 0 Å². The zero-order valence-electron chi connectivity index (χ0n) is 36.0. The van der Waals surface area contributed by atoms with Gasteiger partial charge in [-0.3, -0.25) is 0 Å². The van der Waals surface area contributed by atoms with E-state index in [4.69, 9.17) is 0 Å². The summed E-state index contributed by atoms with van der Waals surface area (Å²) in [4.78, 5) is 13.9. The molecule has 300 valence electrons. The number of carboxylic acids is 1. The molecule has 0 aromatic rings. The molecular formula is C47H94KNO2. The van der Waals surface area contributed by atoms with Crippen molar-refractivity contribution in [3.63, 3.8) is 0 Å². The standard InChI is InChI=1S/C47H95NO2.K/c1-4-7-9-11-13-15-17-19-21-23-25-27-29-31-33-35-37-39-41-43-48(46(6-3)45-47(49)50)44-42-40-38-36-34-32-30-28-26-24-22-20-18-16-14-12-10-8-5-2;/h46H,4-45H2,1-3H3,(H,49,50);/q;+1/p-1. The fourth-order valence-electron chi connectivity index (χ4n) is 7.99. The molecule has 0 saturated carbocycles. The Balaban J connectivity index is 0. The molecule has 0 amide bonds. The quantitative estimate of drug-likeness (QED) is 0.0461. The zero-order chi connectivity index (χ0) is 36.4. The number of carbonyl (C=O) groups is 1. The maximum atomic E-state index is 11.4. The van der Waals surface area contributed by atoms with Gasteiger partial charge in [-0.1, -0.05) is 252 Å². The number of nitrogens with zero attached hydrogens (tertiary/aromatic N) is 1. The molecule has 0 aliphatic heterocycles. The molecule has 0 heterocycles. The molecule has 3 nitrogen and oxygen atoms in total. The van der Waals surface area contributed by atoms with Gasteiger partial charge in [0.2, 0.25) is 0 Å². The third-order valence-electron chi connectivity index (χ3n) is 11.5. The number of carboxylic acid groups (broad SMARTS) is 1. The number of rotatable bonds is 44. The van der Waals surface area contributed by atoms with Crippen molar-refractivity contribution in [3.8, 4) is 0 Å². The zero-order valence-corrected chi connectivity index (χ0v) is 39.2. The van der Waals surface area contributed by atoms with Crippen LogP contribution in [0.5, 0.6) is 0 Å². The average Bonchev–Trinajstić information content (AvgIpc) is 3.11. The summed E-state index contributed by atoms with van der Waals surface area (Å²) in [6.07, 6.45) is 54.5. The molecule has 0 saturated heterocycles. The van der Waals surface area contributed by atoms with Crippen LogP contribution in [-0.4, -0.2) is 30.0 Å². The summed E-state index contributed by atoms with van der Waals surface area (Å²) >= 11 is 0. The number of carbonyl (C=O) groups excluding carboxylic acids is 1. The van der Waals surface area contributed by atoms with Gasteiger partial charge in [0.1, 0.15) is 0 Å². The first-order chi connectivity index (χ1) is 24.7. The average molecular weight is 744 g/mol. The van der Waals surface area contributed by atoms with Gasteiger partial charge in [0.15, 0.2) is 0 Å². The fourth-order valence-corrected chi connectivity index (χ4v) is 7.99. The summed E-state index contributed by atoms with van der Waals surface area (Å²) < 4.78 is 0. The van der Waals surface area contributed by atoms with Crippen LogP contribution < -0.4 is 56.5 Å². The predicted octanol–water partition coefficient (Wildman–Crippen LogP) is 12.1. The van der Waals surface area contributed by atoms with E-state index in [0.29, 0.717) is 0 Å². The Kier molecular flexibility index (Phi) is 50.2. The Morgan fingerprint density at radius 3 is 0.745 bits per heavy atom. The van der Waals surface area contributed by atoms with Crippen molar-refractivity contribution < 1.29 is 61.3 Å². The van der Waals surface area contributed by atoms with Crippen molar-refractivity contribution in [3.05, 3.63) is 0 Å². The molecule has 51 heavy (non-hydrogen) atoms. The van der Waals surface area contributed by atoms with E-state index in [2.05, 4.69) is 25.7 Å². The van der Waals surface area contributed by atoms with Crippen molar-refractivity contribution >= 4 is 5.97 Å². The molecule has 0 spiro atoms. The van der Waals surface area contributed by atoms with Gasteiger partial charge in [-0.15, -0.1) is 0 Å². The molecule has 1 atom stereocenters. The van der Waals surface area contributed by atoms with Gasteiger partial charge >= 0.3 is 51.4 Å². The van der Waals surface area contributed by atoms with Crippen LogP contribution >= 0.6 is 0 Å². The van der Waals surface area contributed by atoms with E-state index in [0.717, 1.165) is 19.5 Å². The summed E-state index contributed by atoms with van der Waals surface area (Å²) in [5.74, 6) is -0.886. The van der Waals surface area contributed by atoms with Crippen LogP contribution in [0, 0.1) is 0 Å². The second kappa shape index (κ2) is 47.2. The topological polar surface area (TPSA) is 43.4 Å². The smallest absolute Gasteiger partial charge is 0.550 e. The Morgan fingerprint density at radius 1 is 0.373 bits per heavy atom. The molecule has 0 aromatic heterocycles. The molecule has 1 unspecified atom stereocenters. The molecule has 0 radical (unpaired) electrons.